The number of rotatable bonds is 3. The van der Waals surface area contributed by atoms with Gasteiger partial charge < -0.3 is 19.3 Å². The van der Waals surface area contributed by atoms with Crippen LogP contribution < -0.4 is 4.74 Å². The molecule has 1 saturated heterocycles. The van der Waals surface area contributed by atoms with Crippen molar-refractivity contribution in [1.29, 1.82) is 0 Å². The summed E-state index contributed by atoms with van der Waals surface area (Å²) in [7, 11) is 0. The molecule has 4 nitrogen and oxygen atoms in total. The Hall–Kier alpha value is -1.10. The van der Waals surface area contributed by atoms with Crippen molar-refractivity contribution in [3.8, 4) is 5.75 Å². The Balaban J connectivity index is 1.80. The molecule has 0 radical (unpaired) electrons. The number of benzene rings is 1. The average molecular weight is 278 g/mol. The average Bonchev–Trinajstić information content (AvgIpc) is 2.93. The van der Waals surface area contributed by atoms with Gasteiger partial charge in [0.2, 0.25) is 0 Å². The summed E-state index contributed by atoms with van der Waals surface area (Å²) < 4.78 is 17.1. The second kappa shape index (κ2) is 5.35. The van der Waals surface area contributed by atoms with E-state index in [4.69, 9.17) is 14.2 Å². The Morgan fingerprint density at radius 1 is 1.10 bits per heavy atom. The summed E-state index contributed by atoms with van der Waals surface area (Å²) >= 11 is 0. The number of ether oxygens (including phenoxy) is 3. The van der Waals surface area contributed by atoms with Crippen LogP contribution in [0.25, 0.3) is 0 Å². The number of aliphatic hydroxyl groups is 1. The monoisotopic (exact) mass is 278 g/mol. The van der Waals surface area contributed by atoms with Gasteiger partial charge in [-0.2, -0.15) is 0 Å². The second-order valence-electron chi connectivity index (χ2n) is 5.57. The predicted molar refractivity (Wildman–Crippen MR) is 74.6 cm³/mol. The standard InChI is InChI=1S/C16H22O4/c1-2-18-14-6-4-3-5-13(14)15(17)7-9-16(10-8-15)19-11-12-20-16/h3-6,17H,2,7-12H2,1H3. The Labute approximate surface area is 119 Å². The Kier molecular flexibility index (Phi) is 3.71. The molecule has 1 aliphatic carbocycles. The van der Waals surface area contributed by atoms with Crippen LogP contribution in [0, 0.1) is 0 Å². The summed E-state index contributed by atoms with van der Waals surface area (Å²) in [6.07, 6.45) is 2.72. The molecule has 0 amide bonds. The first-order valence-corrected chi connectivity index (χ1v) is 7.40. The zero-order valence-electron chi connectivity index (χ0n) is 11.9. The molecule has 1 aromatic carbocycles. The molecule has 1 aromatic rings. The fraction of sp³-hybridized carbons (Fsp3) is 0.625. The molecular weight excluding hydrogens is 256 g/mol. The molecule has 1 saturated carbocycles. The molecule has 0 aromatic heterocycles. The van der Waals surface area contributed by atoms with E-state index in [2.05, 4.69) is 0 Å². The van der Waals surface area contributed by atoms with Gasteiger partial charge in [0.1, 0.15) is 5.75 Å². The van der Waals surface area contributed by atoms with E-state index >= 15 is 0 Å². The van der Waals surface area contributed by atoms with Crippen molar-refractivity contribution in [2.45, 2.75) is 44.0 Å². The van der Waals surface area contributed by atoms with Crippen molar-refractivity contribution in [1.82, 2.24) is 0 Å². The third kappa shape index (κ3) is 2.43. The van der Waals surface area contributed by atoms with Gasteiger partial charge in [-0.1, -0.05) is 18.2 Å². The maximum Gasteiger partial charge on any atom is 0.168 e. The summed E-state index contributed by atoms with van der Waals surface area (Å²) in [5.74, 6) is 0.328. The van der Waals surface area contributed by atoms with Crippen LogP contribution in [-0.2, 0) is 15.1 Å². The molecule has 110 valence electrons. The maximum atomic E-state index is 11.0. The van der Waals surface area contributed by atoms with Crippen LogP contribution in [0.3, 0.4) is 0 Å². The van der Waals surface area contributed by atoms with Crippen LogP contribution in [0.5, 0.6) is 5.75 Å². The van der Waals surface area contributed by atoms with E-state index in [1.165, 1.54) is 0 Å². The van der Waals surface area contributed by atoms with Crippen molar-refractivity contribution in [3.05, 3.63) is 29.8 Å². The zero-order chi connectivity index (χ0) is 14.1. The van der Waals surface area contributed by atoms with Crippen LogP contribution in [-0.4, -0.2) is 30.7 Å². The first-order valence-electron chi connectivity index (χ1n) is 7.40. The van der Waals surface area contributed by atoms with Gasteiger partial charge in [0.15, 0.2) is 5.79 Å². The molecule has 1 N–H and O–H groups in total. The lowest BCUT2D eigenvalue weighted by atomic mass is 9.76. The van der Waals surface area contributed by atoms with Gasteiger partial charge in [0.25, 0.3) is 0 Å². The second-order valence-corrected chi connectivity index (χ2v) is 5.57. The normalized spacial score (nSPS) is 23.9. The predicted octanol–water partition coefficient (Wildman–Crippen LogP) is 2.59. The SMILES string of the molecule is CCOc1ccccc1C1(O)CCC2(CC1)OCCO2. The molecule has 0 bridgehead atoms. The smallest absolute Gasteiger partial charge is 0.168 e. The van der Waals surface area contributed by atoms with Gasteiger partial charge in [-0.25, -0.2) is 0 Å². The third-order valence-corrected chi connectivity index (χ3v) is 4.34. The van der Waals surface area contributed by atoms with Crippen LogP contribution >= 0.6 is 0 Å². The number of hydrogen-bond donors (Lipinski definition) is 1. The Morgan fingerprint density at radius 3 is 2.40 bits per heavy atom. The molecule has 1 heterocycles. The summed E-state index contributed by atoms with van der Waals surface area (Å²) in [6.45, 7) is 3.88. The minimum Gasteiger partial charge on any atom is -0.493 e. The van der Waals surface area contributed by atoms with E-state index in [1.807, 2.05) is 31.2 Å². The lowest BCUT2D eigenvalue weighted by Gasteiger charge is -2.41. The first-order chi connectivity index (χ1) is 9.68. The van der Waals surface area contributed by atoms with E-state index in [1.54, 1.807) is 0 Å². The minimum atomic E-state index is -0.841. The van der Waals surface area contributed by atoms with Crippen LogP contribution in [0.4, 0.5) is 0 Å². The highest BCUT2D eigenvalue weighted by Gasteiger charge is 2.46. The molecule has 4 heteroatoms. The summed E-state index contributed by atoms with van der Waals surface area (Å²) in [5.41, 5.74) is 0.0430. The quantitative estimate of drug-likeness (QED) is 0.923. The van der Waals surface area contributed by atoms with Crippen LogP contribution in [0.1, 0.15) is 38.2 Å². The zero-order valence-corrected chi connectivity index (χ0v) is 11.9. The highest BCUT2D eigenvalue weighted by atomic mass is 16.7. The third-order valence-electron chi connectivity index (χ3n) is 4.34. The highest BCUT2D eigenvalue weighted by molar-refractivity contribution is 5.38. The lowest BCUT2D eigenvalue weighted by molar-refractivity contribution is -0.204. The first kappa shape index (κ1) is 13.9. The highest BCUT2D eigenvalue weighted by Crippen LogP contribution is 2.46. The molecule has 2 fully saturated rings. The number of hydrogen-bond acceptors (Lipinski definition) is 4. The minimum absolute atomic E-state index is 0.452. The van der Waals surface area contributed by atoms with Gasteiger partial charge in [0.05, 0.1) is 25.4 Å². The molecule has 3 rings (SSSR count). The molecule has 0 unspecified atom stereocenters. The van der Waals surface area contributed by atoms with Crippen molar-refractivity contribution >= 4 is 0 Å². The molecule has 1 spiro atoms. The summed E-state index contributed by atoms with van der Waals surface area (Å²) in [6, 6.07) is 7.76. The van der Waals surface area contributed by atoms with Gasteiger partial charge in [-0.3, -0.25) is 0 Å². The van der Waals surface area contributed by atoms with Gasteiger partial charge in [-0.15, -0.1) is 0 Å². The lowest BCUT2D eigenvalue weighted by Crippen LogP contribution is -2.42. The topological polar surface area (TPSA) is 47.9 Å². The number of para-hydroxylation sites is 1. The molecule has 2 aliphatic rings. The van der Waals surface area contributed by atoms with E-state index in [-0.39, 0.29) is 0 Å². The molecule has 20 heavy (non-hydrogen) atoms. The van der Waals surface area contributed by atoms with Crippen molar-refractivity contribution in [3.63, 3.8) is 0 Å². The Bertz CT molecular complexity index is 455. The molecule has 0 atom stereocenters. The van der Waals surface area contributed by atoms with Gasteiger partial charge in [-0.05, 0) is 25.8 Å². The van der Waals surface area contributed by atoms with Crippen molar-refractivity contribution in [2.24, 2.45) is 0 Å². The van der Waals surface area contributed by atoms with Crippen LogP contribution in [0.2, 0.25) is 0 Å². The van der Waals surface area contributed by atoms with E-state index in [0.29, 0.717) is 32.7 Å². The van der Waals surface area contributed by atoms with Crippen molar-refractivity contribution in [2.75, 3.05) is 19.8 Å². The van der Waals surface area contributed by atoms with Crippen molar-refractivity contribution < 1.29 is 19.3 Å². The van der Waals surface area contributed by atoms with E-state index in [9.17, 15) is 5.11 Å². The summed E-state index contributed by atoms with van der Waals surface area (Å²) in [5, 5.41) is 11.0. The van der Waals surface area contributed by atoms with Gasteiger partial charge >= 0.3 is 0 Å². The van der Waals surface area contributed by atoms with E-state index < -0.39 is 11.4 Å². The van der Waals surface area contributed by atoms with Crippen LogP contribution in [0.15, 0.2) is 24.3 Å². The largest absolute Gasteiger partial charge is 0.493 e. The molecule has 1 aliphatic heterocycles. The van der Waals surface area contributed by atoms with Gasteiger partial charge in [0, 0.05) is 18.4 Å². The summed E-state index contributed by atoms with van der Waals surface area (Å²) in [4.78, 5) is 0. The molecular formula is C16H22O4. The fourth-order valence-electron chi connectivity index (χ4n) is 3.23. The Morgan fingerprint density at radius 2 is 1.75 bits per heavy atom. The fourth-order valence-corrected chi connectivity index (χ4v) is 3.23. The van der Waals surface area contributed by atoms with E-state index in [0.717, 1.165) is 24.2 Å². The maximum absolute atomic E-state index is 11.0.